The molecule has 0 unspecified atom stereocenters. The van der Waals surface area contributed by atoms with Gasteiger partial charge < -0.3 is 10.2 Å². The van der Waals surface area contributed by atoms with Crippen molar-refractivity contribution in [2.45, 2.75) is 72.5 Å². The van der Waals surface area contributed by atoms with Crippen LogP contribution in [0.1, 0.15) is 55.9 Å². The minimum Gasteiger partial charge on any atom is -0.352 e. The maximum absolute atomic E-state index is 13.1. The monoisotopic (exact) mass is 394 g/mol. The number of carbonyl (C=O) groups excluding carboxylic acids is 2. The summed E-state index contributed by atoms with van der Waals surface area (Å²) < 4.78 is 0. The smallest absolute Gasteiger partial charge is 0.242 e. The first-order chi connectivity index (χ1) is 13.8. The number of aryl methyl sites for hydroxylation is 3. The predicted octanol–water partition coefficient (Wildman–Crippen LogP) is 4.57. The molecule has 2 atom stereocenters. The normalized spacial score (nSPS) is 12.9. The maximum Gasteiger partial charge on any atom is 0.242 e. The van der Waals surface area contributed by atoms with Crippen molar-refractivity contribution in [3.05, 3.63) is 70.8 Å². The molecule has 0 saturated heterocycles. The van der Waals surface area contributed by atoms with Crippen LogP contribution >= 0.6 is 0 Å². The van der Waals surface area contributed by atoms with Crippen molar-refractivity contribution < 1.29 is 9.59 Å². The van der Waals surface area contributed by atoms with E-state index in [0.717, 1.165) is 23.1 Å². The predicted molar refractivity (Wildman–Crippen MR) is 119 cm³/mol. The summed E-state index contributed by atoms with van der Waals surface area (Å²) in [5.74, 6) is -0.102. The Kier molecular flexibility index (Phi) is 8.44. The van der Waals surface area contributed by atoms with Gasteiger partial charge in [-0.3, -0.25) is 9.59 Å². The van der Waals surface area contributed by atoms with Crippen molar-refractivity contribution >= 4 is 11.8 Å². The Morgan fingerprint density at radius 3 is 2.28 bits per heavy atom. The Balaban J connectivity index is 2.14. The zero-order chi connectivity index (χ0) is 21.4. The lowest BCUT2D eigenvalue weighted by atomic mass is 10.1. The molecule has 0 spiro atoms. The van der Waals surface area contributed by atoms with Crippen molar-refractivity contribution in [3.63, 3.8) is 0 Å². The average Bonchev–Trinajstić information content (AvgIpc) is 2.70. The fourth-order valence-electron chi connectivity index (χ4n) is 3.20. The molecule has 4 nitrogen and oxygen atoms in total. The molecule has 1 N–H and O–H groups in total. The van der Waals surface area contributed by atoms with Gasteiger partial charge in [0.15, 0.2) is 0 Å². The molecule has 2 rings (SSSR count). The number of hydrogen-bond donors (Lipinski definition) is 1. The van der Waals surface area contributed by atoms with E-state index in [2.05, 4.69) is 42.6 Å². The molecule has 2 aromatic rings. The van der Waals surface area contributed by atoms with Crippen LogP contribution in [0.25, 0.3) is 0 Å². The van der Waals surface area contributed by atoms with E-state index in [4.69, 9.17) is 0 Å². The van der Waals surface area contributed by atoms with Crippen molar-refractivity contribution in [2.24, 2.45) is 0 Å². The summed E-state index contributed by atoms with van der Waals surface area (Å²) in [5, 5.41) is 3.01. The van der Waals surface area contributed by atoms with E-state index in [-0.39, 0.29) is 17.9 Å². The number of carbonyl (C=O) groups is 2. The molecule has 0 fully saturated rings. The fourth-order valence-corrected chi connectivity index (χ4v) is 3.20. The van der Waals surface area contributed by atoms with Crippen LogP contribution in [0.4, 0.5) is 0 Å². The van der Waals surface area contributed by atoms with Gasteiger partial charge in [0, 0.05) is 19.0 Å². The van der Waals surface area contributed by atoms with E-state index < -0.39 is 6.04 Å². The van der Waals surface area contributed by atoms with Gasteiger partial charge in [0.05, 0.1) is 0 Å². The lowest BCUT2D eigenvalue weighted by Crippen LogP contribution is -2.49. The third-order valence-corrected chi connectivity index (χ3v) is 5.35. The Labute approximate surface area is 175 Å². The molecule has 156 valence electrons. The minimum absolute atomic E-state index is 0.00103. The van der Waals surface area contributed by atoms with Gasteiger partial charge in [0.2, 0.25) is 11.8 Å². The van der Waals surface area contributed by atoms with Crippen LogP contribution in [0.15, 0.2) is 48.5 Å². The van der Waals surface area contributed by atoms with E-state index >= 15 is 0 Å². The molecule has 29 heavy (non-hydrogen) atoms. The molecule has 2 amide bonds. The molecular weight excluding hydrogens is 360 g/mol. The molecule has 0 aromatic heterocycles. The minimum atomic E-state index is -0.518. The second kappa shape index (κ2) is 10.8. The lowest BCUT2D eigenvalue weighted by Gasteiger charge is -2.30. The first-order valence-electron chi connectivity index (χ1n) is 10.5. The van der Waals surface area contributed by atoms with Crippen LogP contribution in [0.3, 0.4) is 0 Å². The summed E-state index contributed by atoms with van der Waals surface area (Å²) in [7, 11) is 0. The largest absolute Gasteiger partial charge is 0.352 e. The van der Waals surface area contributed by atoms with Crippen LogP contribution in [0.5, 0.6) is 0 Å². The van der Waals surface area contributed by atoms with Crippen molar-refractivity contribution in [1.29, 1.82) is 0 Å². The number of rotatable bonds is 9. The van der Waals surface area contributed by atoms with Crippen LogP contribution in [0, 0.1) is 13.8 Å². The van der Waals surface area contributed by atoms with Crippen LogP contribution in [0.2, 0.25) is 0 Å². The lowest BCUT2D eigenvalue weighted by molar-refractivity contribution is -0.140. The SMILES string of the molecule is CC[C@@H](C)NC(=O)[C@H](C)N(Cc1cccc(C)c1)C(=O)CCc1ccc(C)cc1. The molecule has 0 aliphatic carbocycles. The topological polar surface area (TPSA) is 49.4 Å². The fraction of sp³-hybridized carbons (Fsp3) is 0.440. The molecule has 0 heterocycles. The zero-order valence-corrected chi connectivity index (χ0v) is 18.4. The summed E-state index contributed by atoms with van der Waals surface area (Å²) in [5.41, 5.74) is 4.52. The van der Waals surface area contributed by atoms with Crippen molar-refractivity contribution in [2.75, 3.05) is 0 Å². The van der Waals surface area contributed by atoms with Crippen molar-refractivity contribution in [1.82, 2.24) is 10.2 Å². The molecule has 4 heteroatoms. The molecule has 0 aliphatic heterocycles. The van der Waals surface area contributed by atoms with Gasteiger partial charge in [0.25, 0.3) is 0 Å². The van der Waals surface area contributed by atoms with Gasteiger partial charge in [0.1, 0.15) is 6.04 Å². The van der Waals surface area contributed by atoms with Gasteiger partial charge in [-0.2, -0.15) is 0 Å². The first kappa shape index (κ1) is 22.7. The van der Waals surface area contributed by atoms with Gasteiger partial charge in [-0.25, -0.2) is 0 Å². The molecule has 0 aliphatic rings. The quantitative estimate of drug-likeness (QED) is 0.677. The van der Waals surface area contributed by atoms with Crippen molar-refractivity contribution in [3.8, 4) is 0 Å². The summed E-state index contributed by atoms with van der Waals surface area (Å²) in [4.78, 5) is 27.6. The standard InChI is InChI=1S/C25H34N2O2/c1-6-20(4)26-25(29)21(5)27(17-23-9-7-8-19(3)16-23)24(28)15-14-22-12-10-18(2)11-13-22/h7-13,16,20-21H,6,14-15,17H2,1-5H3,(H,26,29)/t20-,21+/m1/s1. The van der Waals surface area contributed by atoms with Gasteiger partial charge in [-0.1, -0.05) is 66.6 Å². The van der Waals surface area contributed by atoms with E-state index in [9.17, 15) is 9.59 Å². The number of amides is 2. The second-order valence-electron chi connectivity index (χ2n) is 7.99. The Hall–Kier alpha value is -2.62. The molecule has 0 saturated carbocycles. The molecule has 0 radical (unpaired) electrons. The Morgan fingerprint density at radius 2 is 1.66 bits per heavy atom. The number of nitrogens with zero attached hydrogens (tertiary/aromatic N) is 1. The highest BCUT2D eigenvalue weighted by molar-refractivity contribution is 5.87. The summed E-state index contributed by atoms with van der Waals surface area (Å²) in [6.45, 7) is 10.4. The third kappa shape index (κ3) is 7.04. The first-order valence-corrected chi connectivity index (χ1v) is 10.5. The summed E-state index contributed by atoms with van der Waals surface area (Å²) >= 11 is 0. The van der Waals surface area contributed by atoms with Crippen LogP contribution < -0.4 is 5.32 Å². The van der Waals surface area contributed by atoms with Gasteiger partial charge >= 0.3 is 0 Å². The Bertz CT molecular complexity index is 814. The number of benzene rings is 2. The zero-order valence-electron chi connectivity index (χ0n) is 18.4. The van der Waals surface area contributed by atoms with Crippen LogP contribution in [-0.2, 0) is 22.6 Å². The van der Waals surface area contributed by atoms with E-state index in [0.29, 0.717) is 19.4 Å². The molecule has 2 aromatic carbocycles. The highest BCUT2D eigenvalue weighted by atomic mass is 16.2. The third-order valence-electron chi connectivity index (χ3n) is 5.35. The highest BCUT2D eigenvalue weighted by Gasteiger charge is 2.26. The Morgan fingerprint density at radius 1 is 0.966 bits per heavy atom. The van der Waals surface area contributed by atoms with E-state index in [1.165, 1.54) is 5.56 Å². The molecular formula is C25H34N2O2. The number of hydrogen-bond acceptors (Lipinski definition) is 2. The second-order valence-corrected chi connectivity index (χ2v) is 7.99. The van der Waals surface area contributed by atoms with E-state index in [1.54, 1.807) is 4.90 Å². The summed E-state index contributed by atoms with van der Waals surface area (Å²) in [6.07, 6.45) is 1.91. The van der Waals surface area contributed by atoms with Gasteiger partial charge in [-0.05, 0) is 51.7 Å². The highest BCUT2D eigenvalue weighted by Crippen LogP contribution is 2.15. The number of nitrogens with one attached hydrogen (secondary N) is 1. The average molecular weight is 395 g/mol. The summed E-state index contributed by atoms with van der Waals surface area (Å²) in [6, 6.07) is 15.9. The van der Waals surface area contributed by atoms with E-state index in [1.807, 2.05) is 45.9 Å². The van der Waals surface area contributed by atoms with Gasteiger partial charge in [-0.15, -0.1) is 0 Å². The molecule has 0 bridgehead atoms. The maximum atomic E-state index is 13.1. The van der Waals surface area contributed by atoms with Crippen LogP contribution in [-0.4, -0.2) is 28.8 Å².